The van der Waals surface area contributed by atoms with Crippen LogP contribution in [0.1, 0.15) is 44.6 Å². The third-order valence-electron chi connectivity index (χ3n) is 4.65. The third-order valence-corrected chi connectivity index (χ3v) is 6.51. The monoisotopic (exact) mass is 308 g/mol. The first kappa shape index (κ1) is 15.0. The largest absolute Gasteiger partial charge is 0.310 e. The van der Waals surface area contributed by atoms with Crippen LogP contribution in [0.25, 0.3) is 0 Å². The minimum atomic E-state index is -3.37. The van der Waals surface area contributed by atoms with E-state index < -0.39 is 10.0 Å². The van der Waals surface area contributed by atoms with Crippen molar-refractivity contribution in [1.29, 1.82) is 0 Å². The van der Waals surface area contributed by atoms with Crippen molar-refractivity contribution in [3.63, 3.8) is 0 Å². The van der Waals surface area contributed by atoms with Gasteiger partial charge in [-0.25, -0.2) is 8.42 Å². The molecule has 0 radical (unpaired) electrons. The van der Waals surface area contributed by atoms with E-state index in [2.05, 4.69) is 19.2 Å². The number of fused-ring (bicyclic) bond motifs is 2. The summed E-state index contributed by atoms with van der Waals surface area (Å²) in [7, 11) is -3.37. The molecule has 2 aliphatic rings. The highest BCUT2D eigenvalue weighted by atomic mass is 32.2. The highest BCUT2D eigenvalue weighted by Gasteiger charge is 2.34. The van der Waals surface area contributed by atoms with E-state index in [0.717, 1.165) is 18.4 Å². The van der Waals surface area contributed by atoms with E-state index in [1.807, 2.05) is 18.2 Å². The fourth-order valence-corrected chi connectivity index (χ4v) is 4.87. The molecular formula is C16H24N2O2S. The molecule has 2 atom stereocenters. The van der Waals surface area contributed by atoms with Crippen molar-refractivity contribution < 1.29 is 8.42 Å². The Kier molecular flexibility index (Phi) is 4.08. The van der Waals surface area contributed by atoms with Crippen LogP contribution in [0.3, 0.4) is 0 Å². The average molecular weight is 308 g/mol. The van der Waals surface area contributed by atoms with E-state index in [1.54, 1.807) is 10.4 Å². The zero-order valence-electron chi connectivity index (χ0n) is 12.7. The van der Waals surface area contributed by atoms with Crippen molar-refractivity contribution in [2.24, 2.45) is 0 Å². The van der Waals surface area contributed by atoms with Crippen molar-refractivity contribution >= 4 is 10.0 Å². The standard InChI is InChI=1S/C16H24N2O2S/c1-12(2)13-4-3-5-16(10-13)21(19,20)18-9-8-14-6-7-15(11-18)17-14/h3-5,10,12,14-15,17H,6-9,11H2,1-2H3. The van der Waals surface area contributed by atoms with Gasteiger partial charge in [0.25, 0.3) is 0 Å². The molecular weight excluding hydrogens is 284 g/mol. The van der Waals surface area contributed by atoms with Gasteiger partial charge >= 0.3 is 0 Å². The molecule has 0 amide bonds. The van der Waals surface area contributed by atoms with Gasteiger partial charge in [-0.15, -0.1) is 0 Å². The molecule has 116 valence electrons. The number of sulfonamides is 1. The first-order chi connectivity index (χ1) is 9.96. The summed E-state index contributed by atoms with van der Waals surface area (Å²) < 4.78 is 27.4. The molecule has 2 aliphatic heterocycles. The number of benzene rings is 1. The number of hydrogen-bond donors (Lipinski definition) is 1. The molecule has 2 saturated heterocycles. The summed E-state index contributed by atoms with van der Waals surface area (Å²) in [6.07, 6.45) is 3.18. The minimum absolute atomic E-state index is 0.320. The third kappa shape index (κ3) is 3.00. The lowest BCUT2D eigenvalue weighted by Gasteiger charge is -2.24. The summed E-state index contributed by atoms with van der Waals surface area (Å²) in [5.74, 6) is 0.335. The van der Waals surface area contributed by atoms with Gasteiger partial charge in [-0.2, -0.15) is 4.31 Å². The Balaban J connectivity index is 1.87. The Hall–Kier alpha value is -0.910. The molecule has 0 aliphatic carbocycles. The molecule has 0 saturated carbocycles. The Morgan fingerprint density at radius 1 is 1.19 bits per heavy atom. The van der Waals surface area contributed by atoms with E-state index in [0.29, 0.717) is 36.0 Å². The lowest BCUT2D eigenvalue weighted by molar-refractivity contribution is 0.383. The Morgan fingerprint density at radius 2 is 1.95 bits per heavy atom. The summed E-state index contributed by atoms with van der Waals surface area (Å²) in [6.45, 7) is 5.40. The van der Waals surface area contributed by atoms with Crippen LogP contribution >= 0.6 is 0 Å². The minimum Gasteiger partial charge on any atom is -0.310 e. The number of hydrogen-bond acceptors (Lipinski definition) is 3. The summed E-state index contributed by atoms with van der Waals surface area (Å²) in [4.78, 5) is 0.437. The van der Waals surface area contributed by atoms with Crippen molar-refractivity contribution in [2.45, 2.75) is 56.0 Å². The second-order valence-corrected chi connectivity index (χ2v) is 8.45. The summed E-state index contributed by atoms with van der Waals surface area (Å²) in [6, 6.07) is 8.21. The van der Waals surface area contributed by atoms with E-state index in [1.165, 1.54) is 6.42 Å². The molecule has 2 fully saturated rings. The normalized spacial score (nSPS) is 27.0. The zero-order valence-corrected chi connectivity index (χ0v) is 13.6. The van der Waals surface area contributed by atoms with Gasteiger partial charge < -0.3 is 5.32 Å². The zero-order chi connectivity index (χ0) is 15.0. The first-order valence-electron chi connectivity index (χ1n) is 7.83. The SMILES string of the molecule is CC(C)c1cccc(S(=O)(=O)N2CCC3CCC(C2)N3)c1. The van der Waals surface area contributed by atoms with Gasteiger partial charge in [0.15, 0.2) is 0 Å². The predicted octanol–water partition coefficient (Wildman–Crippen LogP) is 2.33. The van der Waals surface area contributed by atoms with Crippen LogP contribution in [0.15, 0.2) is 29.2 Å². The molecule has 1 N–H and O–H groups in total. The van der Waals surface area contributed by atoms with Crippen LogP contribution in [0, 0.1) is 0 Å². The molecule has 21 heavy (non-hydrogen) atoms. The van der Waals surface area contributed by atoms with Crippen LogP contribution in [0.5, 0.6) is 0 Å². The topological polar surface area (TPSA) is 49.4 Å². The lowest BCUT2D eigenvalue weighted by Crippen LogP contribution is -2.39. The summed E-state index contributed by atoms with van der Waals surface area (Å²) >= 11 is 0. The summed E-state index contributed by atoms with van der Waals surface area (Å²) in [5.41, 5.74) is 1.07. The molecule has 1 aromatic rings. The Labute approximate surface area is 127 Å². The first-order valence-corrected chi connectivity index (χ1v) is 9.27. The maximum atomic E-state index is 12.9. The van der Waals surface area contributed by atoms with Crippen LogP contribution < -0.4 is 5.32 Å². The summed E-state index contributed by atoms with van der Waals surface area (Å²) in [5, 5.41) is 3.53. The molecule has 3 rings (SSSR count). The maximum absolute atomic E-state index is 12.9. The van der Waals surface area contributed by atoms with E-state index in [4.69, 9.17) is 0 Å². The van der Waals surface area contributed by atoms with E-state index in [-0.39, 0.29) is 0 Å². The molecule has 2 unspecified atom stereocenters. The quantitative estimate of drug-likeness (QED) is 0.932. The molecule has 2 bridgehead atoms. The van der Waals surface area contributed by atoms with Crippen molar-refractivity contribution in [1.82, 2.24) is 9.62 Å². The van der Waals surface area contributed by atoms with Gasteiger partial charge in [0.2, 0.25) is 10.0 Å². The van der Waals surface area contributed by atoms with Crippen LogP contribution in [0.2, 0.25) is 0 Å². The van der Waals surface area contributed by atoms with Crippen molar-refractivity contribution in [3.05, 3.63) is 29.8 Å². The van der Waals surface area contributed by atoms with Gasteiger partial charge in [-0.1, -0.05) is 26.0 Å². The van der Waals surface area contributed by atoms with E-state index in [9.17, 15) is 8.42 Å². The van der Waals surface area contributed by atoms with Gasteiger partial charge in [-0.05, 0) is 42.9 Å². The Morgan fingerprint density at radius 3 is 2.71 bits per heavy atom. The second-order valence-electron chi connectivity index (χ2n) is 6.52. The molecule has 2 heterocycles. The molecule has 4 nitrogen and oxygen atoms in total. The van der Waals surface area contributed by atoms with Crippen molar-refractivity contribution in [3.8, 4) is 0 Å². The van der Waals surface area contributed by atoms with Gasteiger partial charge in [0, 0.05) is 25.2 Å². The van der Waals surface area contributed by atoms with Crippen LogP contribution in [0.4, 0.5) is 0 Å². The maximum Gasteiger partial charge on any atom is 0.243 e. The smallest absolute Gasteiger partial charge is 0.243 e. The van der Waals surface area contributed by atoms with Gasteiger partial charge in [-0.3, -0.25) is 0 Å². The average Bonchev–Trinajstić information content (AvgIpc) is 2.77. The van der Waals surface area contributed by atoms with Gasteiger partial charge in [0.1, 0.15) is 0 Å². The predicted molar refractivity (Wildman–Crippen MR) is 83.9 cm³/mol. The van der Waals surface area contributed by atoms with Crippen molar-refractivity contribution in [2.75, 3.05) is 13.1 Å². The lowest BCUT2D eigenvalue weighted by atomic mass is 10.0. The molecule has 0 spiro atoms. The second kappa shape index (κ2) is 5.71. The van der Waals surface area contributed by atoms with Crippen LogP contribution in [-0.4, -0.2) is 37.9 Å². The molecule has 0 aromatic heterocycles. The Bertz CT molecular complexity index is 612. The fourth-order valence-electron chi connectivity index (χ4n) is 3.31. The number of rotatable bonds is 3. The molecule has 5 heteroatoms. The van der Waals surface area contributed by atoms with E-state index >= 15 is 0 Å². The van der Waals surface area contributed by atoms with Crippen LogP contribution in [-0.2, 0) is 10.0 Å². The highest BCUT2D eigenvalue weighted by molar-refractivity contribution is 7.89. The number of nitrogens with zero attached hydrogens (tertiary/aromatic N) is 1. The number of nitrogens with one attached hydrogen (secondary N) is 1. The molecule has 1 aromatic carbocycles. The fraction of sp³-hybridized carbons (Fsp3) is 0.625. The van der Waals surface area contributed by atoms with Gasteiger partial charge in [0.05, 0.1) is 4.90 Å². The highest BCUT2D eigenvalue weighted by Crippen LogP contribution is 2.26.